The molecule has 0 radical (unpaired) electrons. The number of piperazine rings is 1. The molecule has 3 nitrogen and oxygen atoms in total. The third-order valence-electron chi connectivity index (χ3n) is 2.70. The van der Waals surface area contributed by atoms with Crippen molar-refractivity contribution in [2.75, 3.05) is 39.3 Å². The molecule has 12 heavy (non-hydrogen) atoms. The normalized spacial score (nSPS) is 32.5. The van der Waals surface area contributed by atoms with Crippen molar-refractivity contribution in [1.82, 2.24) is 10.2 Å². The number of hydrogen-bond donors (Lipinski definition) is 1. The Morgan fingerprint density at radius 3 is 2.83 bits per heavy atom. The first kappa shape index (κ1) is 8.48. The van der Waals surface area contributed by atoms with E-state index in [4.69, 9.17) is 4.74 Å². The standard InChI is InChI=1S/C9H18N2O/c1-2-9(12-7-1)8-11-5-3-10-4-6-11/h9-10H,1-8H2/t9-/m1/s1. The molecule has 0 aromatic carbocycles. The van der Waals surface area contributed by atoms with Crippen LogP contribution in [0.15, 0.2) is 0 Å². The smallest absolute Gasteiger partial charge is 0.0702 e. The van der Waals surface area contributed by atoms with Gasteiger partial charge in [0.2, 0.25) is 0 Å². The maximum Gasteiger partial charge on any atom is 0.0702 e. The first-order valence-corrected chi connectivity index (χ1v) is 5.00. The molecule has 0 bridgehead atoms. The van der Waals surface area contributed by atoms with Crippen LogP contribution >= 0.6 is 0 Å². The quantitative estimate of drug-likeness (QED) is 0.635. The number of nitrogens with zero attached hydrogens (tertiary/aromatic N) is 1. The SMILES string of the molecule is C1CO[C@@H](CN2CCNCC2)C1. The van der Waals surface area contributed by atoms with E-state index < -0.39 is 0 Å². The van der Waals surface area contributed by atoms with Crippen molar-refractivity contribution in [3.05, 3.63) is 0 Å². The molecule has 0 aromatic rings. The first-order valence-electron chi connectivity index (χ1n) is 5.00. The first-order chi connectivity index (χ1) is 5.95. The fourth-order valence-electron chi connectivity index (χ4n) is 1.97. The molecule has 2 aliphatic heterocycles. The van der Waals surface area contributed by atoms with Crippen LogP contribution in [0.25, 0.3) is 0 Å². The van der Waals surface area contributed by atoms with Crippen molar-refractivity contribution in [3.63, 3.8) is 0 Å². The van der Waals surface area contributed by atoms with Crippen molar-refractivity contribution in [2.45, 2.75) is 18.9 Å². The van der Waals surface area contributed by atoms with Crippen LogP contribution in [0, 0.1) is 0 Å². The second-order valence-corrected chi connectivity index (χ2v) is 3.69. The Hall–Kier alpha value is -0.120. The van der Waals surface area contributed by atoms with Gasteiger partial charge in [-0.3, -0.25) is 4.90 Å². The van der Waals surface area contributed by atoms with Crippen LogP contribution in [0.4, 0.5) is 0 Å². The van der Waals surface area contributed by atoms with E-state index in [1.54, 1.807) is 0 Å². The molecular weight excluding hydrogens is 152 g/mol. The van der Waals surface area contributed by atoms with Gasteiger partial charge < -0.3 is 10.1 Å². The summed E-state index contributed by atoms with van der Waals surface area (Å²) in [6, 6.07) is 0. The van der Waals surface area contributed by atoms with E-state index in [0.29, 0.717) is 6.10 Å². The van der Waals surface area contributed by atoms with Gasteiger partial charge >= 0.3 is 0 Å². The number of rotatable bonds is 2. The van der Waals surface area contributed by atoms with Crippen LogP contribution in [-0.4, -0.2) is 50.3 Å². The van der Waals surface area contributed by atoms with Crippen LogP contribution < -0.4 is 5.32 Å². The zero-order valence-electron chi connectivity index (χ0n) is 7.59. The summed E-state index contributed by atoms with van der Waals surface area (Å²) >= 11 is 0. The van der Waals surface area contributed by atoms with Crippen LogP contribution in [0.5, 0.6) is 0 Å². The zero-order valence-corrected chi connectivity index (χ0v) is 7.59. The van der Waals surface area contributed by atoms with Crippen LogP contribution in [-0.2, 0) is 4.74 Å². The highest BCUT2D eigenvalue weighted by atomic mass is 16.5. The summed E-state index contributed by atoms with van der Waals surface area (Å²) in [6.45, 7) is 6.82. The lowest BCUT2D eigenvalue weighted by molar-refractivity contribution is 0.0691. The fraction of sp³-hybridized carbons (Fsp3) is 1.00. The van der Waals surface area contributed by atoms with Crippen molar-refractivity contribution in [1.29, 1.82) is 0 Å². The molecule has 2 saturated heterocycles. The largest absolute Gasteiger partial charge is 0.377 e. The van der Waals surface area contributed by atoms with Gasteiger partial charge in [0.05, 0.1) is 6.10 Å². The highest BCUT2D eigenvalue weighted by Gasteiger charge is 2.19. The van der Waals surface area contributed by atoms with E-state index in [9.17, 15) is 0 Å². The van der Waals surface area contributed by atoms with E-state index in [2.05, 4.69) is 10.2 Å². The highest BCUT2D eigenvalue weighted by Crippen LogP contribution is 2.13. The molecule has 1 atom stereocenters. The van der Waals surface area contributed by atoms with E-state index in [1.165, 1.54) is 25.9 Å². The molecular formula is C9H18N2O. The Morgan fingerprint density at radius 2 is 2.17 bits per heavy atom. The van der Waals surface area contributed by atoms with Gasteiger partial charge in [-0.2, -0.15) is 0 Å². The Labute approximate surface area is 74.1 Å². The van der Waals surface area contributed by atoms with E-state index in [-0.39, 0.29) is 0 Å². The van der Waals surface area contributed by atoms with E-state index in [0.717, 1.165) is 26.2 Å². The van der Waals surface area contributed by atoms with Gasteiger partial charge in [0.1, 0.15) is 0 Å². The molecule has 0 spiro atoms. The monoisotopic (exact) mass is 170 g/mol. The van der Waals surface area contributed by atoms with E-state index >= 15 is 0 Å². The summed E-state index contributed by atoms with van der Waals surface area (Å²) in [7, 11) is 0. The predicted octanol–water partition coefficient (Wildman–Crippen LogP) is 0.0706. The highest BCUT2D eigenvalue weighted by molar-refractivity contribution is 4.74. The van der Waals surface area contributed by atoms with Gasteiger partial charge in [-0.25, -0.2) is 0 Å². The van der Waals surface area contributed by atoms with Crippen molar-refractivity contribution < 1.29 is 4.74 Å². The van der Waals surface area contributed by atoms with Gasteiger partial charge in [0, 0.05) is 39.3 Å². The lowest BCUT2D eigenvalue weighted by Crippen LogP contribution is -2.46. The summed E-state index contributed by atoms with van der Waals surface area (Å²) < 4.78 is 5.59. The van der Waals surface area contributed by atoms with Crippen LogP contribution in [0.2, 0.25) is 0 Å². The molecule has 2 heterocycles. The van der Waals surface area contributed by atoms with Gasteiger partial charge in [-0.1, -0.05) is 0 Å². The number of nitrogens with one attached hydrogen (secondary N) is 1. The van der Waals surface area contributed by atoms with Gasteiger partial charge in [-0.05, 0) is 12.8 Å². The Morgan fingerprint density at radius 1 is 1.33 bits per heavy atom. The second kappa shape index (κ2) is 4.21. The summed E-state index contributed by atoms with van der Waals surface area (Å²) in [5.41, 5.74) is 0. The zero-order chi connectivity index (χ0) is 8.23. The Bertz CT molecular complexity index is 128. The van der Waals surface area contributed by atoms with Crippen LogP contribution in [0.3, 0.4) is 0 Å². The summed E-state index contributed by atoms with van der Waals surface area (Å²) in [4.78, 5) is 2.51. The maximum atomic E-state index is 5.59. The number of ether oxygens (including phenoxy) is 1. The lowest BCUT2D eigenvalue weighted by Gasteiger charge is -2.29. The maximum absolute atomic E-state index is 5.59. The summed E-state index contributed by atoms with van der Waals surface area (Å²) in [6.07, 6.45) is 3.06. The van der Waals surface area contributed by atoms with Gasteiger partial charge in [0.25, 0.3) is 0 Å². The Balaban J connectivity index is 1.69. The molecule has 2 fully saturated rings. The third-order valence-corrected chi connectivity index (χ3v) is 2.70. The number of hydrogen-bond acceptors (Lipinski definition) is 3. The molecule has 70 valence electrons. The average Bonchev–Trinajstić information content (AvgIpc) is 2.59. The van der Waals surface area contributed by atoms with Crippen molar-refractivity contribution >= 4 is 0 Å². The summed E-state index contributed by atoms with van der Waals surface area (Å²) in [5.74, 6) is 0. The summed E-state index contributed by atoms with van der Waals surface area (Å²) in [5, 5.41) is 3.36. The minimum atomic E-state index is 0.531. The second-order valence-electron chi connectivity index (χ2n) is 3.69. The predicted molar refractivity (Wildman–Crippen MR) is 48.3 cm³/mol. The third kappa shape index (κ3) is 2.19. The lowest BCUT2D eigenvalue weighted by atomic mass is 10.2. The minimum Gasteiger partial charge on any atom is -0.377 e. The molecule has 1 N–H and O–H groups in total. The van der Waals surface area contributed by atoms with Gasteiger partial charge in [0.15, 0.2) is 0 Å². The topological polar surface area (TPSA) is 24.5 Å². The average molecular weight is 170 g/mol. The van der Waals surface area contributed by atoms with Crippen molar-refractivity contribution in [2.24, 2.45) is 0 Å². The fourth-order valence-corrected chi connectivity index (χ4v) is 1.97. The van der Waals surface area contributed by atoms with Crippen molar-refractivity contribution in [3.8, 4) is 0 Å². The molecule has 3 heteroatoms. The molecule has 0 saturated carbocycles. The van der Waals surface area contributed by atoms with Crippen LogP contribution in [0.1, 0.15) is 12.8 Å². The molecule has 0 aromatic heterocycles. The molecule has 2 aliphatic rings. The van der Waals surface area contributed by atoms with Gasteiger partial charge in [-0.15, -0.1) is 0 Å². The Kier molecular flexibility index (Phi) is 2.98. The minimum absolute atomic E-state index is 0.531. The van der Waals surface area contributed by atoms with E-state index in [1.807, 2.05) is 0 Å². The molecule has 0 amide bonds. The molecule has 0 unspecified atom stereocenters. The molecule has 2 rings (SSSR count). The molecule has 0 aliphatic carbocycles.